The number of ether oxygens (including phenoxy) is 2. The molecule has 170 valence electrons. The minimum absolute atomic E-state index is 0.132. The Labute approximate surface area is 194 Å². The molecule has 0 saturated carbocycles. The molecule has 1 heterocycles. The maximum atomic E-state index is 12.5. The van der Waals surface area contributed by atoms with Crippen LogP contribution in [0.5, 0.6) is 11.5 Å². The summed E-state index contributed by atoms with van der Waals surface area (Å²) in [6, 6.07) is 23.4. The van der Waals surface area contributed by atoms with Crippen molar-refractivity contribution in [2.24, 2.45) is 0 Å². The predicted octanol–water partition coefficient (Wildman–Crippen LogP) is 4.79. The quantitative estimate of drug-likeness (QED) is 0.358. The minimum atomic E-state index is -0.132. The van der Waals surface area contributed by atoms with Crippen LogP contribution >= 0.6 is 0 Å². The van der Waals surface area contributed by atoms with E-state index >= 15 is 0 Å². The van der Waals surface area contributed by atoms with Crippen molar-refractivity contribution in [2.45, 2.75) is 26.3 Å². The largest absolute Gasteiger partial charge is 0.496 e. The third-order valence-electron chi connectivity index (χ3n) is 5.61. The van der Waals surface area contributed by atoms with Gasteiger partial charge in [-0.25, -0.2) is 4.98 Å². The van der Waals surface area contributed by atoms with E-state index in [0.717, 1.165) is 41.0 Å². The van der Waals surface area contributed by atoms with Crippen LogP contribution in [0.15, 0.2) is 72.8 Å². The molecular weight excluding hydrogens is 414 g/mol. The van der Waals surface area contributed by atoms with Crippen molar-refractivity contribution in [3.8, 4) is 11.5 Å². The summed E-state index contributed by atoms with van der Waals surface area (Å²) >= 11 is 0. The lowest BCUT2D eigenvalue weighted by atomic mass is 10.2. The van der Waals surface area contributed by atoms with Crippen molar-refractivity contribution in [2.75, 3.05) is 20.3 Å². The van der Waals surface area contributed by atoms with Gasteiger partial charge in [-0.3, -0.25) is 4.79 Å². The fraction of sp³-hybridized carbons (Fsp3) is 0.259. The number of benzene rings is 3. The van der Waals surface area contributed by atoms with E-state index in [1.807, 2.05) is 61.5 Å². The zero-order valence-electron chi connectivity index (χ0n) is 19.1. The number of aromatic nitrogens is 2. The summed E-state index contributed by atoms with van der Waals surface area (Å²) in [6.07, 6.45) is 1.54. The van der Waals surface area contributed by atoms with Crippen molar-refractivity contribution in [1.82, 2.24) is 14.9 Å². The average Bonchev–Trinajstić information content (AvgIpc) is 3.20. The van der Waals surface area contributed by atoms with Gasteiger partial charge in [0.05, 0.1) is 30.3 Å². The first-order chi connectivity index (χ1) is 16.2. The zero-order chi connectivity index (χ0) is 23.0. The Morgan fingerprint density at radius 3 is 2.52 bits per heavy atom. The Kier molecular flexibility index (Phi) is 7.25. The monoisotopic (exact) mass is 443 g/mol. The number of amides is 1. The van der Waals surface area contributed by atoms with Gasteiger partial charge in [0, 0.05) is 13.0 Å². The average molecular weight is 444 g/mol. The summed E-state index contributed by atoms with van der Waals surface area (Å²) in [5, 5.41) is 2.99. The van der Waals surface area contributed by atoms with Gasteiger partial charge in [-0.05, 0) is 49.2 Å². The van der Waals surface area contributed by atoms with Crippen LogP contribution in [0.2, 0.25) is 0 Å². The number of rotatable bonds is 10. The maximum Gasteiger partial charge on any atom is 0.255 e. The molecule has 0 saturated heterocycles. The molecule has 0 bridgehead atoms. The minimum Gasteiger partial charge on any atom is -0.496 e. The number of para-hydroxylation sites is 4. The van der Waals surface area contributed by atoms with E-state index in [2.05, 4.69) is 16.0 Å². The smallest absolute Gasteiger partial charge is 0.255 e. The fourth-order valence-corrected chi connectivity index (χ4v) is 3.91. The summed E-state index contributed by atoms with van der Waals surface area (Å²) in [5.74, 6) is 2.34. The van der Waals surface area contributed by atoms with Crippen LogP contribution in [0.4, 0.5) is 0 Å². The molecule has 0 radical (unpaired) electrons. The first kappa shape index (κ1) is 22.4. The lowest BCUT2D eigenvalue weighted by Crippen LogP contribution is -2.25. The van der Waals surface area contributed by atoms with E-state index < -0.39 is 0 Å². The van der Waals surface area contributed by atoms with Gasteiger partial charge in [0.2, 0.25) is 0 Å². The third-order valence-corrected chi connectivity index (χ3v) is 5.61. The van der Waals surface area contributed by atoms with Crippen molar-refractivity contribution in [3.63, 3.8) is 0 Å². The van der Waals surface area contributed by atoms with Crippen LogP contribution in [0.1, 0.15) is 28.2 Å². The molecule has 1 aromatic heterocycles. The summed E-state index contributed by atoms with van der Waals surface area (Å²) in [4.78, 5) is 17.4. The molecule has 0 spiro atoms. The second kappa shape index (κ2) is 10.7. The number of aryl methyl sites for hydroxylation is 2. The maximum absolute atomic E-state index is 12.5. The van der Waals surface area contributed by atoms with E-state index in [9.17, 15) is 4.79 Å². The normalized spacial score (nSPS) is 10.8. The highest BCUT2D eigenvalue weighted by molar-refractivity contribution is 5.96. The SMILES string of the molecule is COc1ccccc1C(=O)NCCCc1nc2ccccc2n1CCOc1ccccc1C. The van der Waals surface area contributed by atoms with Gasteiger partial charge >= 0.3 is 0 Å². The van der Waals surface area contributed by atoms with Gasteiger partial charge in [0.15, 0.2) is 0 Å². The molecule has 4 aromatic rings. The fourth-order valence-electron chi connectivity index (χ4n) is 3.91. The number of methoxy groups -OCH3 is 1. The molecular formula is C27H29N3O3. The zero-order valence-corrected chi connectivity index (χ0v) is 19.1. The molecule has 0 aliphatic carbocycles. The Balaban J connectivity index is 1.38. The molecule has 0 aliphatic rings. The molecule has 1 N–H and O–H groups in total. The molecule has 0 unspecified atom stereocenters. The van der Waals surface area contributed by atoms with Crippen LogP contribution in [0, 0.1) is 6.92 Å². The van der Waals surface area contributed by atoms with E-state index in [-0.39, 0.29) is 5.91 Å². The number of fused-ring (bicyclic) bond motifs is 1. The molecule has 6 heteroatoms. The number of nitrogens with zero attached hydrogens (tertiary/aromatic N) is 2. The van der Waals surface area contributed by atoms with E-state index in [1.54, 1.807) is 19.2 Å². The lowest BCUT2D eigenvalue weighted by Gasteiger charge is -2.12. The van der Waals surface area contributed by atoms with Crippen LogP contribution in [-0.2, 0) is 13.0 Å². The van der Waals surface area contributed by atoms with E-state index in [4.69, 9.17) is 14.5 Å². The number of hydrogen-bond acceptors (Lipinski definition) is 4. The first-order valence-corrected chi connectivity index (χ1v) is 11.2. The van der Waals surface area contributed by atoms with Crippen molar-refractivity contribution in [3.05, 3.63) is 89.7 Å². The summed E-state index contributed by atoms with van der Waals surface area (Å²) in [5.41, 5.74) is 3.74. The lowest BCUT2D eigenvalue weighted by molar-refractivity contribution is 0.0950. The van der Waals surface area contributed by atoms with Gasteiger partial charge in [0.25, 0.3) is 5.91 Å². The Morgan fingerprint density at radius 1 is 0.970 bits per heavy atom. The molecule has 0 atom stereocenters. The number of carbonyl (C=O) groups excluding carboxylic acids is 1. The van der Waals surface area contributed by atoms with Gasteiger partial charge in [-0.2, -0.15) is 0 Å². The highest BCUT2D eigenvalue weighted by Crippen LogP contribution is 2.20. The molecule has 3 aromatic carbocycles. The third kappa shape index (κ3) is 5.34. The summed E-state index contributed by atoms with van der Waals surface area (Å²) in [6.45, 7) is 3.87. The van der Waals surface area contributed by atoms with Crippen LogP contribution in [-0.4, -0.2) is 35.7 Å². The summed E-state index contributed by atoms with van der Waals surface area (Å²) in [7, 11) is 1.57. The number of imidazole rings is 1. The number of carbonyl (C=O) groups is 1. The second-order valence-corrected chi connectivity index (χ2v) is 7.84. The van der Waals surface area contributed by atoms with Crippen molar-refractivity contribution in [1.29, 1.82) is 0 Å². The highest BCUT2D eigenvalue weighted by Gasteiger charge is 2.13. The van der Waals surface area contributed by atoms with Crippen LogP contribution < -0.4 is 14.8 Å². The highest BCUT2D eigenvalue weighted by atomic mass is 16.5. The number of nitrogens with one attached hydrogen (secondary N) is 1. The molecule has 0 fully saturated rings. The Morgan fingerprint density at radius 2 is 1.70 bits per heavy atom. The Bertz CT molecular complexity index is 1230. The molecule has 1 amide bonds. The predicted molar refractivity (Wildman–Crippen MR) is 130 cm³/mol. The summed E-state index contributed by atoms with van der Waals surface area (Å²) < 4.78 is 13.5. The standard InChI is InChI=1S/C27H29N3O3/c1-20-10-3-7-14-24(20)33-19-18-30-23-13-6-5-12-22(23)29-26(30)16-9-17-28-27(31)21-11-4-8-15-25(21)32-2/h3-8,10-15H,9,16-19H2,1-2H3,(H,28,31). The Hall–Kier alpha value is -3.80. The van der Waals surface area contributed by atoms with Gasteiger partial charge in [-0.1, -0.05) is 42.5 Å². The van der Waals surface area contributed by atoms with E-state index in [0.29, 0.717) is 31.0 Å². The van der Waals surface area contributed by atoms with Gasteiger partial charge < -0.3 is 19.4 Å². The molecule has 4 rings (SSSR count). The van der Waals surface area contributed by atoms with E-state index in [1.165, 1.54) is 0 Å². The first-order valence-electron chi connectivity index (χ1n) is 11.2. The molecule has 0 aliphatic heterocycles. The van der Waals surface area contributed by atoms with Crippen LogP contribution in [0.3, 0.4) is 0 Å². The van der Waals surface area contributed by atoms with Crippen molar-refractivity contribution >= 4 is 16.9 Å². The number of hydrogen-bond donors (Lipinski definition) is 1. The van der Waals surface area contributed by atoms with Crippen molar-refractivity contribution < 1.29 is 14.3 Å². The molecule has 33 heavy (non-hydrogen) atoms. The van der Waals surface area contributed by atoms with Crippen LogP contribution in [0.25, 0.3) is 11.0 Å². The second-order valence-electron chi connectivity index (χ2n) is 7.84. The molecule has 6 nitrogen and oxygen atoms in total. The van der Waals surface area contributed by atoms with Gasteiger partial charge in [0.1, 0.15) is 23.9 Å². The topological polar surface area (TPSA) is 65.4 Å². The van der Waals surface area contributed by atoms with Gasteiger partial charge in [-0.15, -0.1) is 0 Å².